The third kappa shape index (κ3) is 4.19. The van der Waals surface area contributed by atoms with Crippen molar-refractivity contribution < 1.29 is 18.4 Å². The van der Waals surface area contributed by atoms with E-state index in [1.165, 1.54) is 25.1 Å². The Kier molecular flexibility index (Phi) is 5.56. The maximum Gasteiger partial charge on any atom is 0.247 e. The van der Waals surface area contributed by atoms with E-state index in [9.17, 15) is 18.4 Å². The van der Waals surface area contributed by atoms with Gasteiger partial charge in [0.2, 0.25) is 11.8 Å². The van der Waals surface area contributed by atoms with Crippen LogP contribution in [-0.4, -0.2) is 48.9 Å². The summed E-state index contributed by atoms with van der Waals surface area (Å²) in [6.07, 6.45) is 1.03. The molecule has 2 aromatic rings. The second-order valence-electron chi connectivity index (χ2n) is 8.32. The standard InChI is InChI=1S/C23H26F2N4O2/c1-13-4-5-20(25)19-11-21(27-22(13)19)23(31)26-16-8-15(24)9-18(10-16)29-7-6-17(12-29)28(3)14(2)30/h4-5,8-10,17,21,27H,6-7,11-12H2,1-3H3,(H,26,31)/t17-,21?/m0/s1. The predicted octanol–water partition coefficient (Wildman–Crippen LogP) is 3.31. The van der Waals surface area contributed by atoms with E-state index in [0.717, 1.165) is 12.0 Å². The number of nitrogens with one attached hydrogen (secondary N) is 2. The molecule has 2 N–H and O–H groups in total. The van der Waals surface area contributed by atoms with Gasteiger partial charge in [-0.25, -0.2) is 8.78 Å². The number of anilines is 3. The van der Waals surface area contributed by atoms with Crippen molar-refractivity contribution in [2.24, 2.45) is 0 Å². The Morgan fingerprint density at radius 2 is 2.00 bits per heavy atom. The van der Waals surface area contributed by atoms with Crippen molar-refractivity contribution in [3.05, 3.63) is 53.1 Å². The minimum absolute atomic E-state index is 0.00391. The summed E-state index contributed by atoms with van der Waals surface area (Å²) in [6.45, 7) is 4.68. The predicted molar refractivity (Wildman–Crippen MR) is 116 cm³/mol. The van der Waals surface area contributed by atoms with Crippen LogP contribution in [0.15, 0.2) is 30.3 Å². The highest BCUT2D eigenvalue weighted by molar-refractivity contribution is 5.98. The van der Waals surface area contributed by atoms with Crippen molar-refractivity contribution in [2.75, 3.05) is 35.7 Å². The summed E-state index contributed by atoms with van der Waals surface area (Å²) in [5.74, 6) is -1.14. The summed E-state index contributed by atoms with van der Waals surface area (Å²) in [7, 11) is 1.77. The molecule has 8 heteroatoms. The largest absolute Gasteiger partial charge is 0.373 e. The average Bonchev–Trinajstić information content (AvgIpc) is 3.38. The normalized spacial score (nSPS) is 19.7. The Balaban J connectivity index is 1.46. The first-order valence-corrected chi connectivity index (χ1v) is 10.4. The molecule has 1 fully saturated rings. The number of hydrogen-bond acceptors (Lipinski definition) is 4. The number of likely N-dealkylation sites (N-methyl/N-ethyl adjacent to an activating group) is 1. The monoisotopic (exact) mass is 428 g/mol. The van der Waals surface area contributed by atoms with Gasteiger partial charge in [-0.3, -0.25) is 9.59 Å². The molecule has 31 heavy (non-hydrogen) atoms. The number of carbonyl (C=O) groups is 2. The van der Waals surface area contributed by atoms with E-state index in [2.05, 4.69) is 10.6 Å². The summed E-state index contributed by atoms with van der Waals surface area (Å²) in [5, 5.41) is 5.84. The van der Waals surface area contributed by atoms with Crippen LogP contribution in [-0.2, 0) is 16.0 Å². The lowest BCUT2D eigenvalue weighted by atomic mass is 10.1. The lowest BCUT2D eigenvalue weighted by Crippen LogP contribution is -2.37. The van der Waals surface area contributed by atoms with Gasteiger partial charge in [-0.1, -0.05) is 6.07 Å². The second kappa shape index (κ2) is 8.17. The van der Waals surface area contributed by atoms with E-state index < -0.39 is 11.9 Å². The summed E-state index contributed by atoms with van der Waals surface area (Å²) in [6, 6.07) is 6.94. The Hall–Kier alpha value is -3.16. The number of halogens is 2. The van der Waals surface area contributed by atoms with Crippen LogP contribution in [0.4, 0.5) is 25.8 Å². The maximum absolute atomic E-state index is 14.3. The summed E-state index contributed by atoms with van der Waals surface area (Å²) in [5.41, 5.74) is 3.02. The number of rotatable bonds is 4. The highest BCUT2D eigenvalue weighted by atomic mass is 19.1. The Bertz CT molecular complexity index is 1010. The first kappa shape index (κ1) is 21.1. The molecule has 1 unspecified atom stereocenters. The number of nitrogens with zero attached hydrogens (tertiary/aromatic N) is 2. The van der Waals surface area contributed by atoms with Crippen molar-refractivity contribution in [1.82, 2.24) is 4.90 Å². The van der Waals surface area contributed by atoms with Crippen LogP contribution < -0.4 is 15.5 Å². The average molecular weight is 428 g/mol. The molecule has 6 nitrogen and oxygen atoms in total. The van der Waals surface area contributed by atoms with Gasteiger partial charge in [0.15, 0.2) is 0 Å². The minimum Gasteiger partial charge on any atom is -0.373 e. The van der Waals surface area contributed by atoms with Gasteiger partial charge < -0.3 is 20.4 Å². The van der Waals surface area contributed by atoms with Gasteiger partial charge in [0.25, 0.3) is 0 Å². The van der Waals surface area contributed by atoms with Crippen LogP contribution >= 0.6 is 0 Å². The van der Waals surface area contributed by atoms with Crippen LogP contribution in [0.3, 0.4) is 0 Å². The molecular weight excluding hydrogens is 402 g/mol. The van der Waals surface area contributed by atoms with Crippen molar-refractivity contribution in [2.45, 2.75) is 38.8 Å². The highest BCUT2D eigenvalue weighted by Crippen LogP contribution is 2.32. The molecule has 2 aliphatic rings. The minimum atomic E-state index is -0.627. The highest BCUT2D eigenvalue weighted by Gasteiger charge is 2.31. The van der Waals surface area contributed by atoms with Crippen molar-refractivity contribution in [3.63, 3.8) is 0 Å². The molecule has 2 aliphatic heterocycles. The van der Waals surface area contributed by atoms with Gasteiger partial charge in [-0.15, -0.1) is 0 Å². The van der Waals surface area contributed by atoms with Crippen LogP contribution in [0.5, 0.6) is 0 Å². The number of hydrogen-bond donors (Lipinski definition) is 2. The number of amides is 2. The first-order valence-electron chi connectivity index (χ1n) is 10.4. The van der Waals surface area contributed by atoms with Crippen molar-refractivity contribution in [3.8, 4) is 0 Å². The fourth-order valence-corrected chi connectivity index (χ4v) is 4.34. The molecule has 1 saturated heterocycles. The fraction of sp³-hybridized carbons (Fsp3) is 0.391. The first-order chi connectivity index (χ1) is 14.7. The smallest absolute Gasteiger partial charge is 0.247 e. The van der Waals surface area contributed by atoms with E-state index in [1.807, 2.05) is 11.8 Å². The topological polar surface area (TPSA) is 64.7 Å². The molecule has 0 spiro atoms. The zero-order valence-electron chi connectivity index (χ0n) is 17.8. The summed E-state index contributed by atoms with van der Waals surface area (Å²) >= 11 is 0. The molecule has 2 amide bonds. The fourth-order valence-electron chi connectivity index (χ4n) is 4.34. The molecule has 0 radical (unpaired) electrons. The van der Waals surface area contributed by atoms with Gasteiger partial charge in [0.05, 0.1) is 6.04 Å². The van der Waals surface area contributed by atoms with E-state index >= 15 is 0 Å². The van der Waals surface area contributed by atoms with Crippen LogP contribution in [0.2, 0.25) is 0 Å². The van der Waals surface area contributed by atoms with Crippen LogP contribution in [0, 0.1) is 18.6 Å². The quantitative estimate of drug-likeness (QED) is 0.784. The third-order valence-corrected chi connectivity index (χ3v) is 6.23. The van der Waals surface area contributed by atoms with Crippen molar-refractivity contribution in [1.29, 1.82) is 0 Å². The zero-order valence-corrected chi connectivity index (χ0v) is 17.8. The van der Waals surface area contributed by atoms with Crippen LogP contribution in [0.1, 0.15) is 24.5 Å². The molecule has 2 heterocycles. The van der Waals surface area contributed by atoms with Gasteiger partial charge in [-0.2, -0.15) is 0 Å². The molecule has 0 aromatic heterocycles. The van der Waals surface area contributed by atoms with Gasteiger partial charge >= 0.3 is 0 Å². The third-order valence-electron chi connectivity index (χ3n) is 6.23. The maximum atomic E-state index is 14.3. The Morgan fingerprint density at radius 1 is 1.23 bits per heavy atom. The molecule has 0 aliphatic carbocycles. The van der Waals surface area contributed by atoms with Crippen molar-refractivity contribution >= 4 is 28.9 Å². The number of benzene rings is 2. The lowest BCUT2D eigenvalue weighted by Gasteiger charge is -2.24. The van der Waals surface area contributed by atoms with Gasteiger partial charge in [0.1, 0.15) is 17.7 Å². The molecule has 0 bridgehead atoms. The molecule has 164 valence electrons. The zero-order chi connectivity index (χ0) is 22.3. The molecular formula is C23H26F2N4O2. The van der Waals surface area contributed by atoms with E-state index in [-0.39, 0.29) is 30.1 Å². The molecule has 4 rings (SSSR count). The summed E-state index contributed by atoms with van der Waals surface area (Å²) < 4.78 is 28.4. The molecule has 2 atom stereocenters. The summed E-state index contributed by atoms with van der Waals surface area (Å²) in [4.78, 5) is 28.1. The number of fused-ring (bicyclic) bond motifs is 1. The molecule has 2 aromatic carbocycles. The van der Waals surface area contributed by atoms with Crippen LogP contribution in [0.25, 0.3) is 0 Å². The lowest BCUT2D eigenvalue weighted by molar-refractivity contribution is -0.129. The number of carbonyl (C=O) groups excluding carboxylic acids is 2. The van der Waals surface area contributed by atoms with E-state index in [0.29, 0.717) is 35.7 Å². The number of aryl methyl sites for hydroxylation is 1. The second-order valence-corrected chi connectivity index (χ2v) is 8.32. The SMILES string of the molecule is CC(=O)N(C)[C@H]1CCN(c2cc(F)cc(NC(=O)C3Cc4c(F)ccc(C)c4N3)c2)C1. The van der Waals surface area contributed by atoms with Gasteiger partial charge in [0, 0.05) is 56.1 Å². The van der Waals surface area contributed by atoms with E-state index in [1.54, 1.807) is 24.1 Å². The molecule has 0 saturated carbocycles. The van der Waals surface area contributed by atoms with E-state index in [4.69, 9.17) is 0 Å². The Morgan fingerprint density at radius 3 is 2.71 bits per heavy atom. The van der Waals surface area contributed by atoms with Gasteiger partial charge in [-0.05, 0) is 43.2 Å². The Labute approximate surface area is 180 Å².